The Morgan fingerprint density at radius 3 is 3.00 bits per heavy atom. The van der Waals surface area contributed by atoms with Crippen LogP contribution in [-0.4, -0.2) is 4.98 Å². The zero-order valence-corrected chi connectivity index (χ0v) is 11.1. The van der Waals surface area contributed by atoms with E-state index in [1.807, 2.05) is 17.5 Å². The second-order valence-electron chi connectivity index (χ2n) is 3.83. The van der Waals surface area contributed by atoms with Crippen LogP contribution in [0.1, 0.15) is 23.2 Å². The highest BCUT2D eigenvalue weighted by molar-refractivity contribution is 7.09. The Labute approximate surface area is 110 Å². The maximum atomic E-state index is 5.70. The molecule has 0 fully saturated rings. The minimum Gasteiger partial charge on any atom is -0.486 e. The van der Waals surface area contributed by atoms with Gasteiger partial charge in [0.25, 0.3) is 0 Å². The van der Waals surface area contributed by atoms with Crippen molar-refractivity contribution in [3.8, 4) is 5.75 Å². The predicted molar refractivity (Wildman–Crippen MR) is 71.2 cm³/mol. The van der Waals surface area contributed by atoms with Crippen molar-refractivity contribution in [2.75, 3.05) is 0 Å². The molecule has 0 aliphatic carbocycles. The van der Waals surface area contributed by atoms with E-state index >= 15 is 0 Å². The molecular formula is C13H16N2O2S. The molecule has 96 valence electrons. The van der Waals surface area contributed by atoms with E-state index < -0.39 is 0 Å². The molecule has 5 heteroatoms. The first-order valence-electron chi connectivity index (χ1n) is 5.78. The van der Waals surface area contributed by atoms with Gasteiger partial charge in [-0.3, -0.25) is 4.84 Å². The zero-order valence-electron chi connectivity index (χ0n) is 10.3. The van der Waals surface area contributed by atoms with Crippen LogP contribution in [-0.2, 0) is 24.5 Å². The van der Waals surface area contributed by atoms with E-state index in [0.717, 1.165) is 22.9 Å². The fourth-order valence-corrected chi connectivity index (χ4v) is 2.26. The number of nitrogens with two attached hydrogens (primary N) is 1. The molecule has 2 N–H and O–H groups in total. The van der Waals surface area contributed by atoms with E-state index in [9.17, 15) is 0 Å². The summed E-state index contributed by atoms with van der Waals surface area (Å²) >= 11 is 1.55. The maximum Gasteiger partial charge on any atom is 0.140 e. The van der Waals surface area contributed by atoms with E-state index in [1.165, 1.54) is 5.56 Å². The first-order valence-corrected chi connectivity index (χ1v) is 6.66. The number of rotatable bonds is 6. The molecule has 0 amide bonds. The molecule has 0 unspecified atom stereocenters. The first kappa shape index (κ1) is 13.0. The third-order valence-corrected chi connectivity index (χ3v) is 3.37. The van der Waals surface area contributed by atoms with Crippen molar-refractivity contribution in [2.24, 2.45) is 5.90 Å². The highest BCUT2D eigenvalue weighted by Gasteiger charge is 2.03. The second-order valence-corrected chi connectivity index (χ2v) is 4.78. The molecule has 2 rings (SSSR count). The summed E-state index contributed by atoms with van der Waals surface area (Å²) in [4.78, 5) is 8.88. The van der Waals surface area contributed by atoms with E-state index in [0.29, 0.717) is 13.2 Å². The third kappa shape index (κ3) is 3.53. The molecule has 0 radical (unpaired) electrons. The number of nitrogens with zero attached hydrogens (tertiary/aromatic N) is 1. The molecule has 0 saturated carbocycles. The largest absolute Gasteiger partial charge is 0.486 e. The third-order valence-electron chi connectivity index (χ3n) is 2.50. The molecule has 0 bridgehead atoms. The second kappa shape index (κ2) is 6.49. The SMILES string of the molecule is CCc1cccc(OCc2nc(CON)cs2)c1. The smallest absolute Gasteiger partial charge is 0.140 e. The minimum absolute atomic E-state index is 0.335. The number of aromatic nitrogens is 1. The molecular weight excluding hydrogens is 248 g/mol. The highest BCUT2D eigenvalue weighted by Crippen LogP contribution is 2.17. The Hall–Kier alpha value is -1.43. The lowest BCUT2D eigenvalue weighted by atomic mass is 10.2. The number of hydrogen-bond acceptors (Lipinski definition) is 5. The lowest BCUT2D eigenvalue weighted by Crippen LogP contribution is -2.00. The van der Waals surface area contributed by atoms with Crippen molar-refractivity contribution in [1.29, 1.82) is 0 Å². The van der Waals surface area contributed by atoms with E-state index in [-0.39, 0.29) is 0 Å². The molecule has 1 heterocycles. The van der Waals surface area contributed by atoms with Gasteiger partial charge in [0.1, 0.15) is 24.0 Å². The fourth-order valence-electron chi connectivity index (χ4n) is 1.57. The van der Waals surface area contributed by atoms with Gasteiger partial charge in [0.2, 0.25) is 0 Å². The van der Waals surface area contributed by atoms with Gasteiger partial charge in [-0.25, -0.2) is 10.9 Å². The number of ether oxygens (including phenoxy) is 1. The van der Waals surface area contributed by atoms with Gasteiger partial charge >= 0.3 is 0 Å². The summed E-state index contributed by atoms with van der Waals surface area (Å²) < 4.78 is 5.70. The highest BCUT2D eigenvalue weighted by atomic mass is 32.1. The number of thiazole rings is 1. The van der Waals surface area contributed by atoms with Crippen molar-refractivity contribution in [2.45, 2.75) is 26.6 Å². The van der Waals surface area contributed by atoms with Gasteiger partial charge in [-0.15, -0.1) is 11.3 Å². The summed E-state index contributed by atoms with van der Waals surface area (Å²) in [5.41, 5.74) is 2.10. The van der Waals surface area contributed by atoms with Gasteiger partial charge < -0.3 is 4.74 Å². The van der Waals surface area contributed by atoms with Gasteiger partial charge in [0, 0.05) is 5.38 Å². The molecule has 1 aromatic carbocycles. The summed E-state index contributed by atoms with van der Waals surface area (Å²) in [5, 5.41) is 2.84. The Bertz CT molecular complexity index is 499. The Kier molecular flexibility index (Phi) is 4.69. The summed E-state index contributed by atoms with van der Waals surface area (Å²) in [6.07, 6.45) is 1.01. The van der Waals surface area contributed by atoms with Crippen molar-refractivity contribution in [3.05, 3.63) is 45.9 Å². The minimum atomic E-state index is 0.335. The standard InChI is InChI=1S/C13H16N2O2S/c1-2-10-4-3-5-12(6-10)16-8-13-15-11(7-17-14)9-18-13/h3-6,9H,2,7-8,14H2,1H3. The molecule has 4 nitrogen and oxygen atoms in total. The van der Waals surface area contributed by atoms with Crippen molar-refractivity contribution < 1.29 is 9.57 Å². The van der Waals surface area contributed by atoms with Crippen molar-refractivity contribution in [3.63, 3.8) is 0 Å². The van der Waals surface area contributed by atoms with Crippen LogP contribution in [0.2, 0.25) is 0 Å². The number of hydrogen-bond donors (Lipinski definition) is 1. The predicted octanol–water partition coefficient (Wildman–Crippen LogP) is 2.67. The molecule has 0 spiro atoms. The van der Waals surface area contributed by atoms with Crippen LogP contribution in [0.5, 0.6) is 5.75 Å². The van der Waals surface area contributed by atoms with Gasteiger partial charge in [0.05, 0.1) is 5.69 Å². The Morgan fingerprint density at radius 2 is 2.22 bits per heavy atom. The Morgan fingerprint density at radius 1 is 1.33 bits per heavy atom. The van der Waals surface area contributed by atoms with Crippen LogP contribution in [0.3, 0.4) is 0 Å². The van der Waals surface area contributed by atoms with Crippen LogP contribution in [0.15, 0.2) is 29.6 Å². The normalized spacial score (nSPS) is 10.6. The summed E-state index contributed by atoms with van der Waals surface area (Å²) in [6, 6.07) is 8.10. The fraction of sp³-hybridized carbons (Fsp3) is 0.308. The topological polar surface area (TPSA) is 57.4 Å². The molecule has 0 atom stereocenters. The molecule has 1 aromatic heterocycles. The average molecular weight is 264 g/mol. The van der Waals surface area contributed by atoms with E-state index in [2.05, 4.69) is 28.9 Å². The molecule has 0 aliphatic rings. The van der Waals surface area contributed by atoms with Gasteiger partial charge in [-0.2, -0.15) is 0 Å². The van der Waals surface area contributed by atoms with Gasteiger partial charge in [-0.05, 0) is 24.1 Å². The monoisotopic (exact) mass is 264 g/mol. The van der Waals surface area contributed by atoms with Crippen LogP contribution in [0, 0.1) is 0 Å². The summed E-state index contributed by atoms with van der Waals surface area (Å²) in [6.45, 7) is 2.93. The van der Waals surface area contributed by atoms with Crippen LogP contribution in [0.25, 0.3) is 0 Å². The number of aryl methyl sites for hydroxylation is 1. The maximum absolute atomic E-state index is 5.70. The first-order chi connectivity index (χ1) is 8.81. The lowest BCUT2D eigenvalue weighted by Gasteiger charge is -2.05. The average Bonchev–Trinajstić information content (AvgIpc) is 2.85. The van der Waals surface area contributed by atoms with Crippen LogP contribution >= 0.6 is 11.3 Å². The summed E-state index contributed by atoms with van der Waals surface area (Å²) in [7, 11) is 0. The quantitative estimate of drug-likeness (QED) is 0.815. The number of benzene rings is 1. The van der Waals surface area contributed by atoms with Crippen LogP contribution in [0.4, 0.5) is 0 Å². The zero-order chi connectivity index (χ0) is 12.8. The molecule has 0 saturated heterocycles. The summed E-state index contributed by atoms with van der Waals surface area (Å²) in [5.74, 6) is 5.88. The van der Waals surface area contributed by atoms with E-state index in [1.54, 1.807) is 11.3 Å². The lowest BCUT2D eigenvalue weighted by molar-refractivity contribution is 0.121. The van der Waals surface area contributed by atoms with Gasteiger partial charge in [-0.1, -0.05) is 19.1 Å². The van der Waals surface area contributed by atoms with Crippen molar-refractivity contribution >= 4 is 11.3 Å². The van der Waals surface area contributed by atoms with Gasteiger partial charge in [0.15, 0.2) is 0 Å². The van der Waals surface area contributed by atoms with Crippen molar-refractivity contribution in [1.82, 2.24) is 4.98 Å². The van der Waals surface area contributed by atoms with E-state index in [4.69, 9.17) is 10.6 Å². The molecule has 2 aromatic rings. The Balaban J connectivity index is 1.93. The molecule has 18 heavy (non-hydrogen) atoms. The van der Waals surface area contributed by atoms with Crippen LogP contribution < -0.4 is 10.6 Å². The molecule has 0 aliphatic heterocycles.